The second kappa shape index (κ2) is 11.4. The van der Waals surface area contributed by atoms with Crippen LogP contribution in [0.2, 0.25) is 0 Å². The highest BCUT2D eigenvalue weighted by Gasteiger charge is 2.17. The van der Waals surface area contributed by atoms with Gasteiger partial charge in [0.15, 0.2) is 0 Å². The van der Waals surface area contributed by atoms with Crippen LogP contribution in [-0.2, 0) is 19.4 Å². The Hall–Kier alpha value is -4.23. The Morgan fingerprint density at radius 2 is 1.76 bits per heavy atom. The number of aromatic nitrogens is 4. The van der Waals surface area contributed by atoms with E-state index in [1.165, 1.54) is 29.7 Å². The summed E-state index contributed by atoms with van der Waals surface area (Å²) in [6.45, 7) is 2.41. The summed E-state index contributed by atoms with van der Waals surface area (Å²) in [5, 5.41) is 14.1. The van der Waals surface area contributed by atoms with E-state index < -0.39 is 0 Å². The van der Waals surface area contributed by atoms with Crippen molar-refractivity contribution in [3.63, 3.8) is 0 Å². The molecule has 1 N–H and O–H groups in total. The molecule has 7 nitrogen and oxygen atoms in total. The average molecular weight is 525 g/mol. The SMILES string of the molecule is Cc1ccc(-n2cc(COc3ccc(/C=N/Nc4c5c(nc6ccccc46)CCCC5)cc3)nn2)cc1.Cl. The van der Waals surface area contributed by atoms with Crippen molar-refractivity contribution >= 4 is 35.2 Å². The Bertz CT molecular complexity index is 1560. The second-order valence-corrected chi connectivity index (χ2v) is 9.35. The summed E-state index contributed by atoms with van der Waals surface area (Å²) in [7, 11) is 0. The molecule has 3 aromatic carbocycles. The van der Waals surface area contributed by atoms with E-state index in [9.17, 15) is 0 Å². The minimum atomic E-state index is 0. The van der Waals surface area contributed by atoms with Gasteiger partial charge in [-0.05, 0) is 86.2 Å². The van der Waals surface area contributed by atoms with E-state index in [1.54, 1.807) is 4.68 Å². The third kappa shape index (κ3) is 5.53. The van der Waals surface area contributed by atoms with Crippen LogP contribution in [0.3, 0.4) is 0 Å². The van der Waals surface area contributed by atoms with E-state index in [4.69, 9.17) is 9.72 Å². The van der Waals surface area contributed by atoms with Crippen molar-refractivity contribution in [2.45, 2.75) is 39.2 Å². The number of benzene rings is 3. The number of ether oxygens (including phenoxy) is 1. The Morgan fingerprint density at radius 3 is 2.61 bits per heavy atom. The molecule has 2 heterocycles. The number of halogens is 1. The van der Waals surface area contributed by atoms with Crippen molar-refractivity contribution < 1.29 is 4.74 Å². The third-order valence-electron chi connectivity index (χ3n) is 6.67. The number of nitrogens with one attached hydrogen (secondary N) is 1. The van der Waals surface area contributed by atoms with Gasteiger partial charge < -0.3 is 4.74 Å². The topological polar surface area (TPSA) is 77.2 Å². The summed E-state index contributed by atoms with van der Waals surface area (Å²) in [4.78, 5) is 4.90. The van der Waals surface area contributed by atoms with Gasteiger partial charge in [-0.2, -0.15) is 5.10 Å². The molecule has 0 radical (unpaired) electrons. The van der Waals surface area contributed by atoms with Gasteiger partial charge in [0, 0.05) is 11.1 Å². The number of para-hydroxylation sites is 1. The van der Waals surface area contributed by atoms with Crippen LogP contribution in [0.25, 0.3) is 16.6 Å². The molecule has 0 bridgehead atoms. The van der Waals surface area contributed by atoms with E-state index in [0.29, 0.717) is 6.61 Å². The monoisotopic (exact) mass is 524 g/mol. The second-order valence-electron chi connectivity index (χ2n) is 9.35. The molecule has 8 heteroatoms. The lowest BCUT2D eigenvalue weighted by Crippen LogP contribution is -2.09. The molecule has 192 valence electrons. The third-order valence-corrected chi connectivity index (χ3v) is 6.67. The van der Waals surface area contributed by atoms with E-state index in [0.717, 1.165) is 52.1 Å². The molecule has 1 aliphatic carbocycles. The molecule has 5 aromatic rings. The molecular weight excluding hydrogens is 496 g/mol. The van der Waals surface area contributed by atoms with Crippen molar-refractivity contribution in [3.8, 4) is 11.4 Å². The van der Waals surface area contributed by atoms with Gasteiger partial charge in [-0.3, -0.25) is 10.4 Å². The number of aryl methyl sites for hydroxylation is 2. The van der Waals surface area contributed by atoms with Crippen LogP contribution >= 0.6 is 12.4 Å². The first-order valence-corrected chi connectivity index (χ1v) is 12.6. The van der Waals surface area contributed by atoms with Crippen molar-refractivity contribution in [1.29, 1.82) is 0 Å². The van der Waals surface area contributed by atoms with Gasteiger partial charge >= 0.3 is 0 Å². The van der Waals surface area contributed by atoms with E-state index in [-0.39, 0.29) is 12.4 Å². The largest absolute Gasteiger partial charge is 0.487 e. The maximum absolute atomic E-state index is 5.92. The molecule has 0 fully saturated rings. The quantitative estimate of drug-likeness (QED) is 0.195. The molecule has 0 aliphatic heterocycles. The molecule has 0 saturated heterocycles. The molecule has 0 amide bonds. The summed E-state index contributed by atoms with van der Waals surface area (Å²) >= 11 is 0. The van der Waals surface area contributed by atoms with E-state index in [2.05, 4.69) is 58.1 Å². The molecule has 0 atom stereocenters. The van der Waals surface area contributed by atoms with Crippen LogP contribution in [-0.4, -0.2) is 26.2 Å². The van der Waals surface area contributed by atoms with Gasteiger partial charge in [0.25, 0.3) is 0 Å². The van der Waals surface area contributed by atoms with Crippen LogP contribution < -0.4 is 10.2 Å². The maximum Gasteiger partial charge on any atom is 0.134 e. The smallest absolute Gasteiger partial charge is 0.134 e. The fraction of sp³-hybridized carbons (Fsp3) is 0.200. The summed E-state index contributed by atoms with van der Waals surface area (Å²) in [6, 6.07) is 24.3. The number of hydrazone groups is 1. The highest BCUT2D eigenvalue weighted by atomic mass is 35.5. The van der Waals surface area contributed by atoms with Gasteiger partial charge in [-0.1, -0.05) is 41.1 Å². The summed E-state index contributed by atoms with van der Waals surface area (Å²) in [5.41, 5.74) is 11.8. The highest BCUT2D eigenvalue weighted by Crippen LogP contribution is 2.33. The molecular formula is C30H29ClN6O. The van der Waals surface area contributed by atoms with Crippen LogP contribution in [0.5, 0.6) is 5.75 Å². The van der Waals surface area contributed by atoms with Crippen LogP contribution in [0, 0.1) is 6.92 Å². The van der Waals surface area contributed by atoms with E-state index >= 15 is 0 Å². The van der Waals surface area contributed by atoms with Crippen molar-refractivity contribution in [3.05, 3.63) is 107 Å². The summed E-state index contributed by atoms with van der Waals surface area (Å²) < 4.78 is 7.67. The van der Waals surface area contributed by atoms with E-state index in [1.807, 2.05) is 54.9 Å². The fourth-order valence-electron chi connectivity index (χ4n) is 4.67. The number of hydrogen-bond donors (Lipinski definition) is 1. The first kappa shape index (κ1) is 25.4. The fourth-order valence-corrected chi connectivity index (χ4v) is 4.67. The Kier molecular flexibility index (Phi) is 7.65. The zero-order valence-corrected chi connectivity index (χ0v) is 22.0. The standard InChI is InChI=1S/C30H28N6O.ClH/c1-21-10-14-24(15-11-21)36-19-23(33-35-36)20-37-25-16-12-22(13-17-25)18-31-34-30-26-6-2-4-8-28(26)32-29-9-5-3-7-27(29)30;/h2,4,6,8,10-19H,3,5,7,9,20H2,1H3,(H,32,34);1H/b31-18+;. The Morgan fingerprint density at radius 1 is 0.974 bits per heavy atom. The molecule has 1 aliphatic rings. The molecule has 0 unspecified atom stereocenters. The normalized spacial score (nSPS) is 12.8. The first-order chi connectivity index (χ1) is 18.2. The summed E-state index contributed by atoms with van der Waals surface area (Å²) in [6.07, 6.45) is 8.17. The number of anilines is 1. The Labute approximate surface area is 228 Å². The van der Waals surface area contributed by atoms with Crippen molar-refractivity contribution in [1.82, 2.24) is 20.0 Å². The molecule has 38 heavy (non-hydrogen) atoms. The maximum atomic E-state index is 5.92. The van der Waals surface area contributed by atoms with Gasteiger partial charge in [0.05, 0.1) is 29.3 Å². The highest BCUT2D eigenvalue weighted by molar-refractivity contribution is 5.94. The lowest BCUT2D eigenvalue weighted by atomic mass is 9.93. The predicted octanol–water partition coefficient (Wildman–Crippen LogP) is 6.45. The number of fused-ring (bicyclic) bond motifs is 2. The first-order valence-electron chi connectivity index (χ1n) is 12.6. The Balaban J connectivity index is 0.00000294. The average Bonchev–Trinajstić information content (AvgIpc) is 3.42. The lowest BCUT2D eigenvalue weighted by molar-refractivity contribution is 0.301. The van der Waals surface area contributed by atoms with Gasteiger partial charge in [0.2, 0.25) is 0 Å². The van der Waals surface area contributed by atoms with Crippen molar-refractivity contribution in [2.24, 2.45) is 5.10 Å². The van der Waals surface area contributed by atoms with Gasteiger partial charge in [-0.15, -0.1) is 17.5 Å². The number of hydrogen-bond acceptors (Lipinski definition) is 6. The zero-order chi connectivity index (χ0) is 25.0. The predicted molar refractivity (Wildman–Crippen MR) is 154 cm³/mol. The molecule has 6 rings (SSSR count). The van der Waals surface area contributed by atoms with Crippen LogP contribution in [0.15, 0.2) is 84.1 Å². The van der Waals surface area contributed by atoms with Crippen molar-refractivity contribution in [2.75, 3.05) is 5.43 Å². The number of pyridine rings is 1. The number of rotatable bonds is 7. The molecule has 0 saturated carbocycles. The zero-order valence-electron chi connectivity index (χ0n) is 21.2. The lowest BCUT2D eigenvalue weighted by Gasteiger charge is -2.20. The van der Waals surface area contributed by atoms with Crippen LogP contribution in [0.4, 0.5) is 5.69 Å². The minimum absolute atomic E-state index is 0. The van der Waals surface area contributed by atoms with Crippen LogP contribution in [0.1, 0.15) is 40.9 Å². The summed E-state index contributed by atoms with van der Waals surface area (Å²) in [5.74, 6) is 0.768. The van der Waals surface area contributed by atoms with Gasteiger partial charge in [0.1, 0.15) is 18.1 Å². The molecule has 0 spiro atoms. The molecule has 2 aromatic heterocycles. The number of nitrogens with zero attached hydrogens (tertiary/aromatic N) is 5. The van der Waals surface area contributed by atoms with Gasteiger partial charge in [-0.25, -0.2) is 4.68 Å². The minimum Gasteiger partial charge on any atom is -0.487 e.